The average Bonchev–Trinajstić information content (AvgIpc) is 2.71. The third kappa shape index (κ3) is 0.592. The molecule has 4 heteroatoms. The minimum atomic E-state index is 0.543. The van der Waals surface area contributed by atoms with Crippen molar-refractivity contribution in [2.45, 2.75) is 0 Å². The van der Waals surface area contributed by atoms with Crippen LogP contribution in [0.25, 0.3) is 11.0 Å². The SMILES string of the molecule is c1cc2c3c(cnc2[nH]1)=NCN=3. The highest BCUT2D eigenvalue weighted by Gasteiger charge is 2.02. The summed E-state index contributed by atoms with van der Waals surface area (Å²) in [6.45, 7) is 0.543. The second-order valence-electron chi connectivity index (χ2n) is 2.69. The van der Waals surface area contributed by atoms with Crippen molar-refractivity contribution in [3.05, 3.63) is 29.2 Å². The first-order chi connectivity index (χ1) is 5.95. The van der Waals surface area contributed by atoms with Crippen molar-refractivity contribution in [1.29, 1.82) is 0 Å². The van der Waals surface area contributed by atoms with Crippen LogP contribution in [-0.4, -0.2) is 16.6 Å². The molecule has 0 saturated heterocycles. The van der Waals surface area contributed by atoms with E-state index in [9.17, 15) is 0 Å². The van der Waals surface area contributed by atoms with Gasteiger partial charge in [0.1, 0.15) is 17.7 Å². The Morgan fingerprint density at radius 1 is 1.33 bits per heavy atom. The molecule has 58 valence electrons. The van der Waals surface area contributed by atoms with Crippen LogP contribution >= 0.6 is 0 Å². The van der Waals surface area contributed by atoms with Gasteiger partial charge in [0.25, 0.3) is 0 Å². The van der Waals surface area contributed by atoms with Gasteiger partial charge in [0.15, 0.2) is 0 Å². The smallest absolute Gasteiger partial charge is 0.139 e. The van der Waals surface area contributed by atoms with Gasteiger partial charge < -0.3 is 4.98 Å². The van der Waals surface area contributed by atoms with Gasteiger partial charge in [0, 0.05) is 11.6 Å². The van der Waals surface area contributed by atoms with Gasteiger partial charge in [-0.05, 0) is 6.07 Å². The molecule has 2 aromatic heterocycles. The van der Waals surface area contributed by atoms with Crippen LogP contribution < -0.4 is 10.7 Å². The van der Waals surface area contributed by atoms with Gasteiger partial charge in [-0.1, -0.05) is 0 Å². The fourth-order valence-electron chi connectivity index (χ4n) is 1.45. The Morgan fingerprint density at radius 2 is 2.33 bits per heavy atom. The van der Waals surface area contributed by atoms with Crippen LogP contribution in [0.4, 0.5) is 0 Å². The van der Waals surface area contributed by atoms with Gasteiger partial charge in [0.2, 0.25) is 0 Å². The van der Waals surface area contributed by atoms with Gasteiger partial charge >= 0.3 is 0 Å². The van der Waals surface area contributed by atoms with E-state index in [0.29, 0.717) is 6.67 Å². The highest BCUT2D eigenvalue weighted by atomic mass is 15.0. The molecule has 0 unspecified atom stereocenters. The molecule has 2 aromatic rings. The fourth-order valence-corrected chi connectivity index (χ4v) is 1.45. The first-order valence-electron chi connectivity index (χ1n) is 3.76. The molecule has 3 rings (SSSR count). The number of hydrogen-bond acceptors (Lipinski definition) is 3. The zero-order chi connectivity index (χ0) is 7.97. The van der Waals surface area contributed by atoms with Crippen LogP contribution in [0.5, 0.6) is 0 Å². The third-order valence-corrected chi connectivity index (χ3v) is 2.01. The average molecular weight is 158 g/mol. The molecule has 0 amide bonds. The summed E-state index contributed by atoms with van der Waals surface area (Å²) >= 11 is 0. The molecule has 0 aromatic carbocycles. The minimum Gasteiger partial charge on any atom is -0.346 e. The molecule has 1 aliphatic heterocycles. The van der Waals surface area contributed by atoms with Crippen LogP contribution in [0.2, 0.25) is 0 Å². The first-order valence-corrected chi connectivity index (χ1v) is 3.76. The number of rotatable bonds is 0. The van der Waals surface area contributed by atoms with E-state index >= 15 is 0 Å². The van der Waals surface area contributed by atoms with Gasteiger partial charge in [0.05, 0.1) is 11.6 Å². The van der Waals surface area contributed by atoms with Crippen LogP contribution in [0.3, 0.4) is 0 Å². The van der Waals surface area contributed by atoms with E-state index in [4.69, 9.17) is 0 Å². The van der Waals surface area contributed by atoms with Gasteiger partial charge in [-0.3, -0.25) is 9.98 Å². The topological polar surface area (TPSA) is 53.4 Å². The molecule has 0 atom stereocenters. The Hall–Kier alpha value is -1.71. The lowest BCUT2D eigenvalue weighted by Crippen LogP contribution is -2.22. The van der Waals surface area contributed by atoms with Crippen LogP contribution in [0, 0.1) is 0 Å². The molecular formula is C8H6N4. The molecule has 0 bridgehead atoms. The van der Waals surface area contributed by atoms with Gasteiger partial charge in [-0.25, -0.2) is 4.98 Å². The third-order valence-electron chi connectivity index (χ3n) is 2.01. The van der Waals surface area contributed by atoms with Crippen LogP contribution in [-0.2, 0) is 0 Å². The molecule has 4 nitrogen and oxygen atoms in total. The summed E-state index contributed by atoms with van der Waals surface area (Å²) in [6.07, 6.45) is 3.62. The highest BCUT2D eigenvalue weighted by Crippen LogP contribution is 2.00. The molecule has 3 heterocycles. The summed E-state index contributed by atoms with van der Waals surface area (Å²) in [7, 11) is 0. The minimum absolute atomic E-state index is 0.543. The molecule has 0 spiro atoms. The molecular weight excluding hydrogens is 152 g/mol. The summed E-state index contributed by atoms with van der Waals surface area (Å²) in [4.78, 5) is 15.7. The summed E-state index contributed by atoms with van der Waals surface area (Å²) < 4.78 is 0. The lowest BCUT2D eigenvalue weighted by molar-refractivity contribution is 1.06. The normalized spacial score (nSPS) is 14.0. The monoisotopic (exact) mass is 158 g/mol. The van der Waals surface area contributed by atoms with E-state index in [1.54, 1.807) is 6.20 Å². The second kappa shape index (κ2) is 1.91. The lowest BCUT2D eigenvalue weighted by atomic mass is 10.3. The van der Waals surface area contributed by atoms with E-state index in [1.165, 1.54) is 0 Å². The van der Waals surface area contributed by atoms with Crippen molar-refractivity contribution in [3.8, 4) is 0 Å². The van der Waals surface area contributed by atoms with Gasteiger partial charge in [-0.15, -0.1) is 0 Å². The summed E-state index contributed by atoms with van der Waals surface area (Å²) in [5.41, 5.74) is 0.884. The van der Waals surface area contributed by atoms with E-state index in [2.05, 4.69) is 20.0 Å². The first kappa shape index (κ1) is 5.88. The predicted octanol–water partition coefficient (Wildman–Crippen LogP) is -0.227. The lowest BCUT2D eigenvalue weighted by Gasteiger charge is -1.85. The number of aromatic nitrogens is 2. The van der Waals surface area contributed by atoms with E-state index in [-0.39, 0.29) is 0 Å². The number of pyridine rings is 1. The Labute approximate surface area is 67.7 Å². The maximum absolute atomic E-state index is 4.27. The van der Waals surface area contributed by atoms with E-state index in [0.717, 1.165) is 21.7 Å². The molecule has 0 fully saturated rings. The number of nitrogens with zero attached hydrogens (tertiary/aromatic N) is 3. The molecule has 0 saturated carbocycles. The number of aromatic amines is 1. The summed E-state index contributed by atoms with van der Waals surface area (Å²) in [6, 6.07) is 1.98. The van der Waals surface area contributed by atoms with E-state index in [1.807, 2.05) is 12.3 Å². The molecule has 1 N–H and O–H groups in total. The zero-order valence-corrected chi connectivity index (χ0v) is 6.28. The van der Waals surface area contributed by atoms with Crippen molar-refractivity contribution in [1.82, 2.24) is 9.97 Å². The number of H-pyrrole nitrogens is 1. The number of fused-ring (bicyclic) bond motifs is 3. The van der Waals surface area contributed by atoms with Crippen molar-refractivity contribution in [3.63, 3.8) is 0 Å². The highest BCUT2D eigenvalue weighted by molar-refractivity contribution is 5.74. The van der Waals surface area contributed by atoms with Crippen molar-refractivity contribution < 1.29 is 0 Å². The fraction of sp³-hybridized carbons (Fsp3) is 0.125. The Bertz CT molecular complexity index is 552. The van der Waals surface area contributed by atoms with Crippen LogP contribution in [0.1, 0.15) is 0 Å². The Kier molecular flexibility index (Phi) is 0.935. The molecule has 0 radical (unpaired) electrons. The Morgan fingerprint density at radius 3 is 3.33 bits per heavy atom. The predicted molar refractivity (Wildman–Crippen MR) is 43.3 cm³/mol. The van der Waals surface area contributed by atoms with Crippen LogP contribution in [0.15, 0.2) is 28.4 Å². The van der Waals surface area contributed by atoms with Crippen molar-refractivity contribution >= 4 is 11.0 Å². The Balaban J connectivity index is 2.73. The zero-order valence-electron chi connectivity index (χ0n) is 6.28. The maximum Gasteiger partial charge on any atom is 0.139 e. The van der Waals surface area contributed by atoms with Crippen molar-refractivity contribution in [2.24, 2.45) is 9.98 Å². The summed E-state index contributed by atoms with van der Waals surface area (Å²) in [5.74, 6) is 0. The standard InChI is InChI=1S/C8H6N4/c1-2-9-8-5(1)7-6(3-10-8)11-4-12-7/h1-3,9H,4H2. The number of hydrogen-bond donors (Lipinski definition) is 1. The largest absolute Gasteiger partial charge is 0.346 e. The molecule has 0 aliphatic carbocycles. The number of nitrogens with one attached hydrogen (secondary N) is 1. The van der Waals surface area contributed by atoms with Crippen molar-refractivity contribution in [2.75, 3.05) is 6.67 Å². The van der Waals surface area contributed by atoms with Gasteiger partial charge in [-0.2, -0.15) is 0 Å². The maximum atomic E-state index is 4.27. The quantitative estimate of drug-likeness (QED) is 0.566. The molecule has 12 heavy (non-hydrogen) atoms. The molecule has 1 aliphatic rings. The van der Waals surface area contributed by atoms with E-state index < -0.39 is 0 Å². The second-order valence-corrected chi connectivity index (χ2v) is 2.69. The summed E-state index contributed by atoms with van der Waals surface area (Å²) in [5, 5.41) is 2.94.